The minimum atomic E-state index is -0.316. The van der Waals surface area contributed by atoms with Crippen LogP contribution in [0.3, 0.4) is 0 Å². The van der Waals surface area contributed by atoms with Crippen molar-refractivity contribution in [1.82, 2.24) is 15.5 Å². The second-order valence-electron chi connectivity index (χ2n) is 4.89. The number of hydrogen-bond acceptors (Lipinski definition) is 3. The lowest BCUT2D eigenvalue weighted by atomic mass is 10.1. The molecule has 0 aliphatic carbocycles. The van der Waals surface area contributed by atoms with Crippen molar-refractivity contribution in [2.45, 2.75) is 44.8 Å². The second-order valence-corrected chi connectivity index (χ2v) is 4.89. The quantitative estimate of drug-likeness (QED) is 0.717. The SMILES string of the molecule is CNC(=O)C1CCC(CN(CCF)C(C)C)N1. The maximum Gasteiger partial charge on any atom is 0.236 e. The van der Waals surface area contributed by atoms with E-state index < -0.39 is 0 Å². The third-order valence-electron chi connectivity index (χ3n) is 3.36. The van der Waals surface area contributed by atoms with Gasteiger partial charge in [-0.25, -0.2) is 4.39 Å². The molecule has 100 valence electrons. The first-order chi connectivity index (χ1) is 8.08. The third-order valence-corrected chi connectivity index (χ3v) is 3.36. The van der Waals surface area contributed by atoms with Gasteiger partial charge in [0, 0.05) is 32.2 Å². The van der Waals surface area contributed by atoms with E-state index in [9.17, 15) is 9.18 Å². The number of amides is 1. The molecule has 2 atom stereocenters. The van der Waals surface area contributed by atoms with E-state index in [1.807, 2.05) is 0 Å². The Morgan fingerprint density at radius 3 is 2.76 bits per heavy atom. The van der Waals surface area contributed by atoms with E-state index in [0.717, 1.165) is 19.4 Å². The Morgan fingerprint density at radius 1 is 1.53 bits per heavy atom. The number of nitrogens with one attached hydrogen (secondary N) is 2. The Morgan fingerprint density at radius 2 is 2.24 bits per heavy atom. The molecule has 17 heavy (non-hydrogen) atoms. The normalized spacial score (nSPS) is 24.6. The standard InChI is InChI=1S/C12H24FN3O/c1-9(2)16(7-6-13)8-10-4-5-11(15-10)12(17)14-3/h9-11,15H,4-8H2,1-3H3,(H,14,17). The van der Waals surface area contributed by atoms with Crippen LogP contribution in [0.2, 0.25) is 0 Å². The zero-order valence-electron chi connectivity index (χ0n) is 11.0. The summed E-state index contributed by atoms with van der Waals surface area (Å²) in [5, 5.41) is 5.96. The van der Waals surface area contributed by atoms with Gasteiger partial charge in [0.05, 0.1) is 6.04 Å². The fraction of sp³-hybridized carbons (Fsp3) is 0.917. The zero-order chi connectivity index (χ0) is 12.8. The molecule has 4 nitrogen and oxygen atoms in total. The topological polar surface area (TPSA) is 44.4 Å². The molecule has 0 radical (unpaired) electrons. The maximum atomic E-state index is 12.4. The molecule has 5 heteroatoms. The molecule has 0 spiro atoms. The Bertz CT molecular complexity index is 248. The van der Waals surface area contributed by atoms with Gasteiger partial charge in [-0.2, -0.15) is 0 Å². The lowest BCUT2D eigenvalue weighted by Gasteiger charge is -2.28. The molecular weight excluding hydrogens is 221 g/mol. The molecule has 1 amide bonds. The van der Waals surface area contributed by atoms with Crippen LogP contribution < -0.4 is 10.6 Å². The monoisotopic (exact) mass is 245 g/mol. The van der Waals surface area contributed by atoms with Gasteiger partial charge in [-0.15, -0.1) is 0 Å². The fourth-order valence-electron chi connectivity index (χ4n) is 2.30. The van der Waals surface area contributed by atoms with Crippen molar-refractivity contribution in [1.29, 1.82) is 0 Å². The molecule has 1 fully saturated rings. The summed E-state index contributed by atoms with van der Waals surface area (Å²) in [4.78, 5) is 13.6. The van der Waals surface area contributed by atoms with Gasteiger partial charge in [0.15, 0.2) is 0 Å². The van der Waals surface area contributed by atoms with Gasteiger partial charge in [-0.3, -0.25) is 9.69 Å². The Kier molecular flexibility index (Phi) is 5.85. The highest BCUT2D eigenvalue weighted by molar-refractivity contribution is 5.81. The summed E-state index contributed by atoms with van der Waals surface area (Å²) >= 11 is 0. The minimum Gasteiger partial charge on any atom is -0.358 e. The lowest BCUT2D eigenvalue weighted by Crippen LogP contribution is -2.47. The van der Waals surface area contributed by atoms with Crippen molar-refractivity contribution in [3.63, 3.8) is 0 Å². The number of hydrogen-bond donors (Lipinski definition) is 2. The number of carbonyl (C=O) groups excluding carboxylic acids is 1. The van der Waals surface area contributed by atoms with Crippen LogP contribution in [0, 0.1) is 0 Å². The molecule has 2 N–H and O–H groups in total. The van der Waals surface area contributed by atoms with Crippen molar-refractivity contribution < 1.29 is 9.18 Å². The van der Waals surface area contributed by atoms with Crippen molar-refractivity contribution in [3.8, 4) is 0 Å². The van der Waals surface area contributed by atoms with E-state index in [-0.39, 0.29) is 18.6 Å². The average molecular weight is 245 g/mol. The molecule has 0 saturated carbocycles. The predicted molar refractivity (Wildman–Crippen MR) is 66.7 cm³/mol. The number of rotatable bonds is 6. The second kappa shape index (κ2) is 6.91. The Labute approximate surface area is 103 Å². The number of halogens is 1. The van der Waals surface area contributed by atoms with Crippen LogP contribution in [0.15, 0.2) is 0 Å². The summed E-state index contributed by atoms with van der Waals surface area (Å²) in [6.45, 7) is 5.11. The highest BCUT2D eigenvalue weighted by Crippen LogP contribution is 2.14. The first-order valence-corrected chi connectivity index (χ1v) is 6.36. The van der Waals surface area contributed by atoms with Crippen molar-refractivity contribution in [3.05, 3.63) is 0 Å². The van der Waals surface area contributed by atoms with E-state index in [1.54, 1.807) is 7.05 Å². The third kappa shape index (κ3) is 4.24. The summed E-state index contributed by atoms with van der Waals surface area (Å²) in [5.74, 6) is 0.0501. The average Bonchev–Trinajstić information content (AvgIpc) is 2.76. The smallest absolute Gasteiger partial charge is 0.236 e. The van der Waals surface area contributed by atoms with Crippen LogP contribution in [0.1, 0.15) is 26.7 Å². The molecular formula is C12H24FN3O. The Hall–Kier alpha value is -0.680. The summed E-state index contributed by atoms with van der Waals surface area (Å²) < 4.78 is 12.4. The van der Waals surface area contributed by atoms with E-state index in [2.05, 4.69) is 29.4 Å². The van der Waals surface area contributed by atoms with E-state index in [0.29, 0.717) is 18.6 Å². The molecule has 0 aromatic carbocycles. The first kappa shape index (κ1) is 14.4. The van der Waals surface area contributed by atoms with Crippen LogP contribution in [0.5, 0.6) is 0 Å². The van der Waals surface area contributed by atoms with Crippen LogP contribution >= 0.6 is 0 Å². The highest BCUT2D eigenvalue weighted by Gasteiger charge is 2.29. The zero-order valence-corrected chi connectivity index (χ0v) is 11.0. The van der Waals surface area contributed by atoms with Crippen molar-refractivity contribution >= 4 is 5.91 Å². The van der Waals surface area contributed by atoms with E-state index in [1.165, 1.54) is 0 Å². The molecule has 1 heterocycles. The summed E-state index contributed by atoms with van der Waals surface area (Å²) in [5.41, 5.74) is 0. The van der Waals surface area contributed by atoms with Gasteiger partial charge in [0.25, 0.3) is 0 Å². The van der Waals surface area contributed by atoms with Gasteiger partial charge in [0.2, 0.25) is 5.91 Å². The molecule has 1 aliphatic rings. The van der Waals surface area contributed by atoms with Crippen molar-refractivity contribution in [2.24, 2.45) is 0 Å². The molecule has 1 saturated heterocycles. The summed E-state index contributed by atoms with van der Waals surface area (Å²) in [7, 11) is 1.65. The summed E-state index contributed by atoms with van der Waals surface area (Å²) in [6, 6.07) is 0.558. The number of nitrogens with zero attached hydrogens (tertiary/aromatic N) is 1. The van der Waals surface area contributed by atoms with Gasteiger partial charge in [0.1, 0.15) is 6.67 Å². The van der Waals surface area contributed by atoms with Crippen LogP contribution in [-0.4, -0.2) is 55.7 Å². The van der Waals surface area contributed by atoms with Gasteiger partial charge in [-0.1, -0.05) is 0 Å². The van der Waals surface area contributed by atoms with Crippen LogP contribution in [-0.2, 0) is 4.79 Å². The molecule has 2 unspecified atom stereocenters. The predicted octanol–water partition coefficient (Wildman–Crippen LogP) is 0.533. The largest absolute Gasteiger partial charge is 0.358 e. The fourth-order valence-corrected chi connectivity index (χ4v) is 2.30. The van der Waals surface area contributed by atoms with Gasteiger partial charge >= 0.3 is 0 Å². The van der Waals surface area contributed by atoms with Gasteiger partial charge < -0.3 is 10.6 Å². The van der Waals surface area contributed by atoms with Crippen molar-refractivity contribution in [2.75, 3.05) is 26.8 Å². The molecule has 0 aromatic heterocycles. The first-order valence-electron chi connectivity index (χ1n) is 6.36. The molecule has 1 aliphatic heterocycles. The molecule has 1 rings (SSSR count). The number of likely N-dealkylation sites (N-methyl/N-ethyl adjacent to an activating group) is 1. The Balaban J connectivity index is 2.40. The summed E-state index contributed by atoms with van der Waals surface area (Å²) in [6.07, 6.45) is 1.85. The molecule has 0 bridgehead atoms. The maximum absolute atomic E-state index is 12.4. The van der Waals surface area contributed by atoms with E-state index in [4.69, 9.17) is 0 Å². The van der Waals surface area contributed by atoms with Crippen LogP contribution in [0.25, 0.3) is 0 Å². The van der Waals surface area contributed by atoms with Gasteiger partial charge in [-0.05, 0) is 26.7 Å². The highest BCUT2D eigenvalue weighted by atomic mass is 19.1. The molecule has 0 aromatic rings. The van der Waals surface area contributed by atoms with Crippen LogP contribution in [0.4, 0.5) is 4.39 Å². The number of carbonyl (C=O) groups is 1. The minimum absolute atomic E-state index is 0.0501. The number of alkyl halides is 1. The lowest BCUT2D eigenvalue weighted by molar-refractivity contribution is -0.122. The van der Waals surface area contributed by atoms with E-state index >= 15 is 0 Å².